The van der Waals surface area contributed by atoms with E-state index in [0.29, 0.717) is 5.82 Å². The Balaban J connectivity index is 2.21. The Bertz CT molecular complexity index is 270. The van der Waals surface area contributed by atoms with E-state index >= 15 is 0 Å². The lowest BCUT2D eigenvalue weighted by atomic mass is 10.5. The van der Waals surface area contributed by atoms with Crippen molar-refractivity contribution in [1.29, 1.82) is 0 Å². The summed E-state index contributed by atoms with van der Waals surface area (Å²) in [7, 11) is 0. The zero-order valence-electron chi connectivity index (χ0n) is 8.27. The number of rotatable bonds is 6. The van der Waals surface area contributed by atoms with Crippen LogP contribution in [0, 0.1) is 0 Å². The maximum Gasteiger partial charge on any atom is 0.156 e. The summed E-state index contributed by atoms with van der Waals surface area (Å²) in [6, 6.07) is 0. The van der Waals surface area contributed by atoms with E-state index in [9.17, 15) is 0 Å². The molecule has 0 atom stereocenters. The zero-order chi connectivity index (χ0) is 10.2. The number of nitrogens with two attached hydrogens (primary N) is 1. The molecule has 0 saturated heterocycles. The van der Waals surface area contributed by atoms with Gasteiger partial charge in [0.2, 0.25) is 0 Å². The fraction of sp³-hybridized carbons (Fsp3) is 0.556. The molecule has 14 heavy (non-hydrogen) atoms. The summed E-state index contributed by atoms with van der Waals surface area (Å²) in [5.74, 6) is 1.36. The number of thioether (sulfide) groups is 1. The fourth-order valence-corrected chi connectivity index (χ4v) is 1.62. The van der Waals surface area contributed by atoms with Crippen molar-refractivity contribution in [2.24, 2.45) is 0 Å². The maximum atomic E-state index is 5.63. The first-order chi connectivity index (χ1) is 6.84. The fourth-order valence-electron chi connectivity index (χ4n) is 0.891. The number of ether oxygens (including phenoxy) is 1. The summed E-state index contributed by atoms with van der Waals surface area (Å²) in [4.78, 5) is 8.06. The smallest absolute Gasteiger partial charge is 0.156 e. The number of hydrogen-bond acceptors (Lipinski definition) is 5. The molecule has 4 nitrogen and oxygen atoms in total. The van der Waals surface area contributed by atoms with Crippen molar-refractivity contribution in [3.8, 4) is 0 Å². The Morgan fingerprint density at radius 2 is 2.14 bits per heavy atom. The molecule has 0 aliphatic rings. The van der Waals surface area contributed by atoms with Crippen LogP contribution in [0.1, 0.15) is 13.3 Å². The molecule has 2 N–H and O–H groups in total. The van der Waals surface area contributed by atoms with Gasteiger partial charge in [-0.2, -0.15) is 0 Å². The third kappa shape index (κ3) is 3.93. The van der Waals surface area contributed by atoms with Gasteiger partial charge < -0.3 is 10.5 Å². The Morgan fingerprint density at radius 1 is 1.36 bits per heavy atom. The van der Waals surface area contributed by atoms with Crippen LogP contribution in [0.5, 0.6) is 0 Å². The first kappa shape index (κ1) is 11.3. The molecule has 1 aromatic heterocycles. The van der Waals surface area contributed by atoms with Crippen molar-refractivity contribution in [2.45, 2.75) is 18.4 Å². The molecule has 0 amide bonds. The first-order valence-corrected chi connectivity index (χ1v) is 5.60. The second-order valence-corrected chi connectivity index (χ2v) is 3.79. The minimum Gasteiger partial charge on any atom is -0.381 e. The SMILES string of the molecule is CCCOCCSc1nccnc1N. The minimum atomic E-state index is 0.494. The van der Waals surface area contributed by atoms with Crippen molar-refractivity contribution in [3.05, 3.63) is 12.4 Å². The number of aromatic nitrogens is 2. The van der Waals surface area contributed by atoms with Gasteiger partial charge in [0, 0.05) is 24.8 Å². The summed E-state index contributed by atoms with van der Waals surface area (Å²) in [5, 5.41) is 0.785. The van der Waals surface area contributed by atoms with Gasteiger partial charge in [0.25, 0.3) is 0 Å². The van der Waals surface area contributed by atoms with E-state index < -0.39 is 0 Å². The molecule has 0 spiro atoms. The van der Waals surface area contributed by atoms with Crippen LogP contribution < -0.4 is 5.73 Å². The molecule has 1 heterocycles. The average Bonchev–Trinajstić information content (AvgIpc) is 2.20. The molecule has 78 valence electrons. The highest BCUT2D eigenvalue weighted by Gasteiger charge is 2.00. The van der Waals surface area contributed by atoms with Crippen molar-refractivity contribution in [1.82, 2.24) is 9.97 Å². The van der Waals surface area contributed by atoms with Crippen molar-refractivity contribution < 1.29 is 4.74 Å². The molecule has 0 aromatic carbocycles. The molecule has 0 saturated carbocycles. The topological polar surface area (TPSA) is 61.0 Å². The Kier molecular flexibility index (Phi) is 5.32. The van der Waals surface area contributed by atoms with Crippen LogP contribution >= 0.6 is 11.8 Å². The monoisotopic (exact) mass is 213 g/mol. The molecule has 5 heteroatoms. The molecule has 0 aliphatic carbocycles. The number of nitrogen functional groups attached to an aromatic ring is 1. The van der Waals surface area contributed by atoms with E-state index in [-0.39, 0.29) is 0 Å². The van der Waals surface area contributed by atoms with Crippen LogP contribution in [0.15, 0.2) is 17.4 Å². The second-order valence-electron chi connectivity index (χ2n) is 2.71. The highest BCUT2D eigenvalue weighted by molar-refractivity contribution is 7.99. The van der Waals surface area contributed by atoms with Gasteiger partial charge in [0.15, 0.2) is 5.82 Å². The van der Waals surface area contributed by atoms with Gasteiger partial charge in [0.1, 0.15) is 5.03 Å². The summed E-state index contributed by atoms with van der Waals surface area (Å²) >= 11 is 1.57. The molecule has 1 aromatic rings. The van der Waals surface area contributed by atoms with Gasteiger partial charge in [-0.25, -0.2) is 9.97 Å². The van der Waals surface area contributed by atoms with E-state index in [1.165, 1.54) is 0 Å². The average molecular weight is 213 g/mol. The predicted octanol–water partition coefficient (Wildman–Crippen LogP) is 1.58. The predicted molar refractivity (Wildman–Crippen MR) is 58.3 cm³/mol. The molecule has 0 fully saturated rings. The zero-order valence-corrected chi connectivity index (χ0v) is 9.09. The Morgan fingerprint density at radius 3 is 2.86 bits per heavy atom. The van der Waals surface area contributed by atoms with Gasteiger partial charge in [-0.05, 0) is 6.42 Å². The standard InChI is InChI=1S/C9H15N3OS/c1-2-5-13-6-7-14-9-8(10)11-3-4-12-9/h3-4H,2,5-7H2,1H3,(H2,10,11). The van der Waals surface area contributed by atoms with Crippen LogP contribution in [-0.2, 0) is 4.74 Å². The van der Waals surface area contributed by atoms with E-state index in [1.807, 2.05) is 0 Å². The molecule has 0 bridgehead atoms. The number of anilines is 1. The quantitative estimate of drug-likeness (QED) is 0.574. The van der Waals surface area contributed by atoms with E-state index in [1.54, 1.807) is 24.2 Å². The first-order valence-electron chi connectivity index (χ1n) is 4.61. The van der Waals surface area contributed by atoms with Crippen LogP contribution in [0.4, 0.5) is 5.82 Å². The lowest BCUT2D eigenvalue weighted by Crippen LogP contribution is -2.00. The van der Waals surface area contributed by atoms with Crippen molar-refractivity contribution in [2.75, 3.05) is 24.7 Å². The Hall–Kier alpha value is -0.810. The van der Waals surface area contributed by atoms with Crippen LogP contribution in [0.2, 0.25) is 0 Å². The van der Waals surface area contributed by atoms with Crippen LogP contribution in [0.25, 0.3) is 0 Å². The van der Waals surface area contributed by atoms with Crippen LogP contribution in [-0.4, -0.2) is 28.9 Å². The number of nitrogens with zero attached hydrogens (tertiary/aromatic N) is 2. The lowest BCUT2D eigenvalue weighted by molar-refractivity contribution is 0.151. The van der Waals surface area contributed by atoms with Gasteiger partial charge >= 0.3 is 0 Å². The van der Waals surface area contributed by atoms with Gasteiger partial charge in [-0.3, -0.25) is 0 Å². The summed E-state index contributed by atoms with van der Waals surface area (Å²) < 4.78 is 5.33. The lowest BCUT2D eigenvalue weighted by Gasteiger charge is -2.03. The highest BCUT2D eigenvalue weighted by Crippen LogP contribution is 2.18. The van der Waals surface area contributed by atoms with E-state index in [4.69, 9.17) is 10.5 Å². The largest absolute Gasteiger partial charge is 0.381 e. The number of hydrogen-bond donors (Lipinski definition) is 1. The van der Waals surface area contributed by atoms with Crippen LogP contribution in [0.3, 0.4) is 0 Å². The van der Waals surface area contributed by atoms with Gasteiger partial charge in [-0.1, -0.05) is 6.92 Å². The summed E-state index contributed by atoms with van der Waals surface area (Å²) in [6.45, 7) is 3.64. The van der Waals surface area contributed by atoms with Crippen molar-refractivity contribution in [3.63, 3.8) is 0 Å². The highest BCUT2D eigenvalue weighted by atomic mass is 32.2. The third-order valence-corrected chi connectivity index (χ3v) is 2.46. The molecule has 1 rings (SSSR count). The normalized spacial score (nSPS) is 10.4. The maximum absolute atomic E-state index is 5.63. The molecular formula is C9H15N3OS. The minimum absolute atomic E-state index is 0.494. The molecule has 0 aliphatic heterocycles. The second kappa shape index (κ2) is 6.62. The third-order valence-electron chi connectivity index (χ3n) is 1.51. The summed E-state index contributed by atoms with van der Waals surface area (Å²) in [6.07, 6.45) is 4.29. The van der Waals surface area contributed by atoms with Crippen molar-refractivity contribution >= 4 is 17.6 Å². The van der Waals surface area contributed by atoms with Gasteiger partial charge in [-0.15, -0.1) is 11.8 Å². The summed E-state index contributed by atoms with van der Waals surface area (Å²) in [5.41, 5.74) is 5.63. The molecule has 0 radical (unpaired) electrons. The molecule has 0 unspecified atom stereocenters. The van der Waals surface area contributed by atoms with E-state index in [2.05, 4.69) is 16.9 Å². The Labute approximate surface area is 88.3 Å². The van der Waals surface area contributed by atoms with Gasteiger partial charge in [0.05, 0.1) is 6.61 Å². The molecular weight excluding hydrogens is 198 g/mol. The van der Waals surface area contributed by atoms with E-state index in [0.717, 1.165) is 30.4 Å².